The Bertz CT molecular complexity index is 670. The van der Waals surface area contributed by atoms with Crippen molar-refractivity contribution in [2.75, 3.05) is 0 Å². The molecule has 0 saturated carbocycles. The van der Waals surface area contributed by atoms with Gasteiger partial charge in [0.05, 0.1) is 21.2 Å². The minimum Gasteiger partial charge on any atom is -0.288 e. The van der Waals surface area contributed by atoms with Crippen molar-refractivity contribution < 1.29 is 22.4 Å². The summed E-state index contributed by atoms with van der Waals surface area (Å²) >= 11 is 2.88. The molecule has 0 unspecified atom stereocenters. The normalized spacial score (nSPS) is 11.4. The van der Waals surface area contributed by atoms with Gasteiger partial charge < -0.3 is 0 Å². The fourth-order valence-electron chi connectivity index (χ4n) is 1.65. The van der Waals surface area contributed by atoms with E-state index < -0.39 is 34.5 Å². The summed E-state index contributed by atoms with van der Waals surface area (Å²) in [4.78, 5) is 15.6. The number of hydrogen-bond acceptors (Lipinski definition) is 2. The molecule has 2 nitrogen and oxygen atoms in total. The Morgan fingerprint density at radius 3 is 2.50 bits per heavy atom. The second-order valence-electron chi connectivity index (χ2n) is 3.85. The average molecular weight is 348 g/mol. The lowest BCUT2D eigenvalue weighted by Crippen LogP contribution is -2.15. The minimum atomic E-state index is -4.71. The highest BCUT2D eigenvalue weighted by Crippen LogP contribution is 2.33. The van der Waals surface area contributed by atoms with Crippen molar-refractivity contribution in [3.8, 4) is 0 Å². The molecule has 0 bridgehead atoms. The largest absolute Gasteiger partial charge is 0.417 e. The van der Waals surface area contributed by atoms with Crippen LogP contribution < -0.4 is 0 Å². The van der Waals surface area contributed by atoms with Crippen LogP contribution >= 0.6 is 15.9 Å². The van der Waals surface area contributed by atoms with Crippen LogP contribution in [0.3, 0.4) is 0 Å². The van der Waals surface area contributed by atoms with Crippen LogP contribution in [0.2, 0.25) is 0 Å². The van der Waals surface area contributed by atoms with Gasteiger partial charge in [-0.1, -0.05) is 6.07 Å². The van der Waals surface area contributed by atoms with Crippen molar-refractivity contribution >= 4 is 21.7 Å². The summed E-state index contributed by atoms with van der Waals surface area (Å²) in [6, 6.07) is 4.52. The van der Waals surface area contributed by atoms with Crippen molar-refractivity contribution in [3.63, 3.8) is 0 Å². The van der Waals surface area contributed by atoms with Crippen LogP contribution in [0.4, 0.5) is 17.6 Å². The molecule has 104 valence electrons. The summed E-state index contributed by atoms with van der Waals surface area (Å²) in [5, 5.41) is 0. The maximum absolute atomic E-state index is 13.8. The number of rotatable bonds is 2. The lowest BCUT2D eigenvalue weighted by atomic mass is 10.00. The van der Waals surface area contributed by atoms with Crippen LogP contribution in [0.25, 0.3) is 0 Å². The molecule has 0 N–H and O–H groups in total. The molecule has 2 aromatic rings. The fourth-order valence-corrected chi connectivity index (χ4v) is 2.01. The van der Waals surface area contributed by atoms with Gasteiger partial charge in [-0.3, -0.25) is 9.78 Å². The highest BCUT2D eigenvalue weighted by Gasteiger charge is 2.35. The summed E-state index contributed by atoms with van der Waals surface area (Å²) in [5.74, 6) is -1.97. The topological polar surface area (TPSA) is 30.0 Å². The second-order valence-corrected chi connectivity index (χ2v) is 4.70. The van der Waals surface area contributed by atoms with Crippen LogP contribution in [-0.4, -0.2) is 10.8 Å². The number of carbonyl (C=O) groups excluding carboxylic acids is 1. The first kappa shape index (κ1) is 14.6. The van der Waals surface area contributed by atoms with Gasteiger partial charge in [0, 0.05) is 12.4 Å². The summed E-state index contributed by atoms with van der Waals surface area (Å²) in [6.07, 6.45) is -3.00. The number of alkyl halides is 3. The standard InChI is InChI=1S/C13H6BrF4NO/c14-10-3-1-2-7(11(10)15)12(20)8-6-19-5-4-9(8)13(16,17)18/h1-6H. The van der Waals surface area contributed by atoms with E-state index in [9.17, 15) is 22.4 Å². The van der Waals surface area contributed by atoms with Gasteiger partial charge in [-0.15, -0.1) is 0 Å². The van der Waals surface area contributed by atoms with E-state index in [1.165, 1.54) is 12.1 Å². The zero-order valence-electron chi connectivity index (χ0n) is 9.71. The Hall–Kier alpha value is -1.76. The van der Waals surface area contributed by atoms with E-state index in [1.54, 1.807) is 0 Å². The van der Waals surface area contributed by atoms with Crippen molar-refractivity contribution in [1.82, 2.24) is 4.98 Å². The third-order valence-electron chi connectivity index (χ3n) is 2.57. The highest BCUT2D eigenvalue weighted by molar-refractivity contribution is 9.10. The number of pyridine rings is 1. The Morgan fingerprint density at radius 1 is 1.15 bits per heavy atom. The molecule has 1 heterocycles. The van der Waals surface area contributed by atoms with E-state index in [0.29, 0.717) is 6.07 Å². The molecular formula is C13H6BrF4NO. The summed E-state index contributed by atoms with van der Waals surface area (Å²) in [7, 11) is 0. The number of ketones is 1. The summed E-state index contributed by atoms with van der Waals surface area (Å²) in [5.41, 5.74) is -2.27. The molecule has 0 spiro atoms. The Labute approximate surface area is 119 Å². The Kier molecular flexibility index (Phi) is 3.89. The van der Waals surface area contributed by atoms with Gasteiger partial charge in [0.15, 0.2) is 5.78 Å². The monoisotopic (exact) mass is 347 g/mol. The average Bonchev–Trinajstić information content (AvgIpc) is 2.40. The highest BCUT2D eigenvalue weighted by atomic mass is 79.9. The predicted octanol–water partition coefficient (Wildman–Crippen LogP) is 4.23. The quantitative estimate of drug-likeness (QED) is 0.601. The zero-order chi connectivity index (χ0) is 14.9. The molecule has 0 aliphatic rings. The van der Waals surface area contributed by atoms with Gasteiger partial charge in [0.25, 0.3) is 0 Å². The van der Waals surface area contributed by atoms with Gasteiger partial charge >= 0.3 is 6.18 Å². The van der Waals surface area contributed by atoms with Crippen LogP contribution in [0.1, 0.15) is 21.5 Å². The molecule has 0 atom stereocenters. The first-order valence-corrected chi connectivity index (χ1v) is 6.11. The van der Waals surface area contributed by atoms with Gasteiger partial charge in [-0.2, -0.15) is 13.2 Å². The first-order chi connectivity index (χ1) is 9.32. The maximum atomic E-state index is 13.8. The van der Waals surface area contributed by atoms with E-state index in [0.717, 1.165) is 18.5 Å². The number of aromatic nitrogens is 1. The van der Waals surface area contributed by atoms with Crippen LogP contribution in [0, 0.1) is 5.82 Å². The van der Waals surface area contributed by atoms with Crippen molar-refractivity contribution in [3.05, 3.63) is 63.6 Å². The van der Waals surface area contributed by atoms with Gasteiger partial charge in [0.2, 0.25) is 0 Å². The Morgan fingerprint density at radius 2 is 1.85 bits per heavy atom. The van der Waals surface area contributed by atoms with Gasteiger partial charge in [-0.05, 0) is 34.1 Å². The third-order valence-corrected chi connectivity index (χ3v) is 3.18. The van der Waals surface area contributed by atoms with Gasteiger partial charge in [-0.25, -0.2) is 4.39 Å². The molecule has 0 aliphatic heterocycles. The lowest BCUT2D eigenvalue weighted by Gasteiger charge is -2.11. The van der Waals surface area contributed by atoms with E-state index in [1.807, 2.05) is 0 Å². The molecule has 0 fully saturated rings. The molecule has 1 aromatic heterocycles. The SMILES string of the molecule is O=C(c1cnccc1C(F)(F)F)c1cccc(Br)c1F. The van der Waals surface area contributed by atoms with Crippen molar-refractivity contribution in [2.45, 2.75) is 6.18 Å². The molecule has 0 radical (unpaired) electrons. The molecule has 7 heteroatoms. The lowest BCUT2D eigenvalue weighted by molar-refractivity contribution is -0.137. The third kappa shape index (κ3) is 2.72. The van der Waals surface area contributed by atoms with E-state index >= 15 is 0 Å². The number of nitrogens with zero attached hydrogens (tertiary/aromatic N) is 1. The predicted molar refractivity (Wildman–Crippen MR) is 66.8 cm³/mol. The first-order valence-electron chi connectivity index (χ1n) is 5.32. The maximum Gasteiger partial charge on any atom is 0.417 e. The minimum absolute atomic E-state index is 0.000740. The van der Waals surface area contributed by atoms with E-state index in [4.69, 9.17) is 0 Å². The number of halogens is 5. The molecule has 0 aliphatic carbocycles. The van der Waals surface area contributed by atoms with Crippen molar-refractivity contribution in [2.24, 2.45) is 0 Å². The molecule has 0 saturated heterocycles. The summed E-state index contributed by atoms with van der Waals surface area (Å²) < 4.78 is 52.3. The fraction of sp³-hybridized carbons (Fsp3) is 0.0769. The van der Waals surface area contributed by atoms with Crippen LogP contribution in [0.5, 0.6) is 0 Å². The summed E-state index contributed by atoms with van der Waals surface area (Å²) in [6.45, 7) is 0. The smallest absolute Gasteiger partial charge is 0.288 e. The molecule has 0 amide bonds. The second kappa shape index (κ2) is 5.32. The van der Waals surface area contributed by atoms with Crippen LogP contribution in [0.15, 0.2) is 41.1 Å². The number of benzene rings is 1. The number of carbonyl (C=O) groups is 1. The van der Waals surface area contributed by atoms with Crippen molar-refractivity contribution in [1.29, 1.82) is 0 Å². The Balaban J connectivity index is 2.58. The molecule has 20 heavy (non-hydrogen) atoms. The molecule has 2 rings (SSSR count). The number of hydrogen-bond donors (Lipinski definition) is 0. The molecular weight excluding hydrogens is 342 g/mol. The van der Waals surface area contributed by atoms with Crippen LogP contribution in [-0.2, 0) is 6.18 Å². The van der Waals surface area contributed by atoms with Gasteiger partial charge in [0.1, 0.15) is 5.82 Å². The zero-order valence-corrected chi connectivity index (χ0v) is 11.3. The van der Waals surface area contributed by atoms with E-state index in [-0.39, 0.29) is 4.47 Å². The molecule has 1 aromatic carbocycles. The van der Waals surface area contributed by atoms with E-state index in [2.05, 4.69) is 20.9 Å².